The molecule has 1 N–H and O–H groups in total. The maximum absolute atomic E-state index is 13.9. The molecule has 1 atom stereocenters. The summed E-state index contributed by atoms with van der Waals surface area (Å²) >= 11 is 0. The fourth-order valence-corrected chi connectivity index (χ4v) is 2.64. The summed E-state index contributed by atoms with van der Waals surface area (Å²) in [5.41, 5.74) is -0.0925. The Kier molecular flexibility index (Phi) is 3.96. The molecular weight excluding hydrogens is 295 g/mol. The maximum Gasteiger partial charge on any atom is 0.279 e. The normalized spacial score (nSPS) is 20.5. The number of benzene rings is 2. The van der Waals surface area contributed by atoms with E-state index in [1.807, 2.05) is 30.3 Å². The van der Waals surface area contributed by atoms with E-state index in [4.69, 9.17) is 0 Å². The first kappa shape index (κ1) is 15.4. The first-order valence-electron chi connectivity index (χ1n) is 7.49. The smallest absolute Gasteiger partial charge is 0.279 e. The highest BCUT2D eigenvalue weighted by Crippen LogP contribution is 2.32. The van der Waals surface area contributed by atoms with E-state index in [1.165, 1.54) is 18.2 Å². The Bertz CT molecular complexity index is 761. The van der Waals surface area contributed by atoms with Crippen LogP contribution in [0, 0.1) is 5.82 Å². The van der Waals surface area contributed by atoms with Gasteiger partial charge in [-0.25, -0.2) is 4.39 Å². The molecule has 0 bridgehead atoms. The van der Waals surface area contributed by atoms with E-state index < -0.39 is 17.4 Å². The van der Waals surface area contributed by atoms with Gasteiger partial charge in [0.25, 0.3) is 5.91 Å². The van der Waals surface area contributed by atoms with Crippen LogP contribution in [0.2, 0.25) is 0 Å². The zero-order valence-corrected chi connectivity index (χ0v) is 12.7. The van der Waals surface area contributed by atoms with E-state index in [0.717, 1.165) is 10.6 Å². The number of carbonyl (C=O) groups is 1. The minimum absolute atomic E-state index is 0.0996. The number of rotatable bonds is 3. The summed E-state index contributed by atoms with van der Waals surface area (Å²) in [5, 5.41) is 16.1. The second-order valence-electron chi connectivity index (χ2n) is 5.52. The van der Waals surface area contributed by atoms with Gasteiger partial charge >= 0.3 is 0 Å². The summed E-state index contributed by atoms with van der Waals surface area (Å²) in [6.45, 7) is 1.77. The summed E-state index contributed by atoms with van der Waals surface area (Å²) < 4.78 is 13.9. The number of nitrogens with zero attached hydrogens (tertiary/aromatic N) is 2. The van der Waals surface area contributed by atoms with Gasteiger partial charge in [-0.3, -0.25) is 4.79 Å². The van der Waals surface area contributed by atoms with Gasteiger partial charge in [-0.05, 0) is 24.1 Å². The fourth-order valence-electron chi connectivity index (χ4n) is 2.64. The van der Waals surface area contributed by atoms with Crippen molar-refractivity contribution in [2.75, 3.05) is 0 Å². The number of carbonyl (C=O) groups excluding carboxylic acids is 1. The van der Waals surface area contributed by atoms with Crippen molar-refractivity contribution in [3.05, 3.63) is 71.5 Å². The van der Waals surface area contributed by atoms with Crippen LogP contribution in [0.1, 0.15) is 35.7 Å². The van der Waals surface area contributed by atoms with E-state index in [9.17, 15) is 14.3 Å². The Morgan fingerprint density at radius 2 is 1.87 bits per heavy atom. The van der Waals surface area contributed by atoms with Crippen LogP contribution < -0.4 is 0 Å². The van der Waals surface area contributed by atoms with Crippen molar-refractivity contribution in [1.29, 1.82) is 0 Å². The van der Waals surface area contributed by atoms with Gasteiger partial charge in [-0.1, -0.05) is 49.4 Å². The third-order valence-corrected chi connectivity index (χ3v) is 4.04. The second kappa shape index (κ2) is 5.93. The van der Waals surface area contributed by atoms with Gasteiger partial charge in [-0.15, -0.1) is 0 Å². The van der Waals surface area contributed by atoms with Crippen LogP contribution >= 0.6 is 0 Å². The molecule has 1 aliphatic heterocycles. The van der Waals surface area contributed by atoms with Crippen LogP contribution in [-0.4, -0.2) is 27.5 Å². The zero-order chi connectivity index (χ0) is 16.4. The lowest BCUT2D eigenvalue weighted by atomic mass is 9.99. The average molecular weight is 312 g/mol. The zero-order valence-electron chi connectivity index (χ0n) is 12.7. The van der Waals surface area contributed by atoms with Crippen molar-refractivity contribution in [1.82, 2.24) is 5.01 Å². The van der Waals surface area contributed by atoms with Crippen LogP contribution in [0.15, 0.2) is 59.7 Å². The minimum Gasteiger partial charge on any atom is -0.369 e. The van der Waals surface area contributed by atoms with Crippen molar-refractivity contribution in [2.45, 2.75) is 25.5 Å². The molecule has 0 aliphatic carbocycles. The molecule has 0 fully saturated rings. The highest BCUT2D eigenvalue weighted by Gasteiger charge is 2.44. The van der Waals surface area contributed by atoms with Crippen molar-refractivity contribution in [3.63, 3.8) is 0 Å². The third-order valence-electron chi connectivity index (χ3n) is 4.04. The quantitative estimate of drug-likeness (QED) is 0.946. The minimum atomic E-state index is -1.44. The largest absolute Gasteiger partial charge is 0.369 e. The molecule has 2 aromatic rings. The van der Waals surface area contributed by atoms with E-state index in [-0.39, 0.29) is 12.0 Å². The van der Waals surface area contributed by atoms with Gasteiger partial charge in [0.05, 0.1) is 11.3 Å². The lowest BCUT2D eigenvalue weighted by molar-refractivity contribution is -0.0728. The number of hydrazone groups is 1. The number of hydrogen-bond acceptors (Lipinski definition) is 3. The molecule has 5 heteroatoms. The molecule has 0 aromatic heterocycles. The topological polar surface area (TPSA) is 52.9 Å². The van der Waals surface area contributed by atoms with Crippen molar-refractivity contribution in [3.8, 4) is 0 Å². The Morgan fingerprint density at radius 3 is 2.52 bits per heavy atom. The molecule has 1 heterocycles. The fraction of sp³-hybridized carbons (Fsp3) is 0.222. The van der Waals surface area contributed by atoms with E-state index in [2.05, 4.69) is 5.10 Å². The van der Waals surface area contributed by atoms with E-state index in [1.54, 1.807) is 13.0 Å². The first-order valence-corrected chi connectivity index (χ1v) is 7.49. The molecule has 0 spiro atoms. The van der Waals surface area contributed by atoms with Gasteiger partial charge in [0, 0.05) is 6.42 Å². The number of halogens is 1. The average Bonchev–Trinajstić information content (AvgIpc) is 2.94. The first-order chi connectivity index (χ1) is 11.0. The van der Waals surface area contributed by atoms with Gasteiger partial charge in [0.15, 0.2) is 5.72 Å². The number of amides is 1. The monoisotopic (exact) mass is 312 g/mol. The molecule has 1 aliphatic rings. The molecule has 23 heavy (non-hydrogen) atoms. The number of aliphatic hydroxyl groups is 1. The summed E-state index contributed by atoms with van der Waals surface area (Å²) in [7, 11) is 0. The molecule has 1 amide bonds. The van der Waals surface area contributed by atoms with Gasteiger partial charge in [-0.2, -0.15) is 10.1 Å². The van der Waals surface area contributed by atoms with Crippen molar-refractivity contribution >= 4 is 11.6 Å². The third kappa shape index (κ3) is 2.75. The summed E-state index contributed by atoms with van der Waals surface area (Å²) in [4.78, 5) is 12.6. The molecule has 2 aromatic carbocycles. The Morgan fingerprint density at radius 1 is 1.22 bits per heavy atom. The summed E-state index contributed by atoms with van der Waals surface area (Å²) in [5.74, 6) is -1.27. The summed E-state index contributed by atoms with van der Waals surface area (Å²) in [6.07, 6.45) is 0.515. The van der Waals surface area contributed by atoms with Gasteiger partial charge in [0.2, 0.25) is 0 Å². The predicted octanol–water partition coefficient (Wildman–Crippen LogP) is 3.17. The molecule has 118 valence electrons. The van der Waals surface area contributed by atoms with Gasteiger partial charge in [0.1, 0.15) is 5.82 Å². The van der Waals surface area contributed by atoms with Crippen LogP contribution in [-0.2, 0) is 0 Å². The molecule has 0 saturated heterocycles. The van der Waals surface area contributed by atoms with Crippen molar-refractivity contribution in [2.24, 2.45) is 5.10 Å². The van der Waals surface area contributed by atoms with Crippen LogP contribution in [0.25, 0.3) is 0 Å². The Balaban J connectivity index is 2.00. The lowest BCUT2D eigenvalue weighted by Crippen LogP contribution is -2.45. The standard InChI is InChI=1S/C18H17FN2O2/c1-2-18(23)12-16(13-8-4-3-5-9-13)20-21(18)17(22)14-10-6-7-11-15(14)19/h3-11,23H,2,12H2,1H3/t18-/m0/s1. The maximum atomic E-state index is 13.9. The second-order valence-corrected chi connectivity index (χ2v) is 5.52. The Labute approximate surface area is 133 Å². The molecule has 0 radical (unpaired) electrons. The van der Waals surface area contributed by atoms with Crippen LogP contribution in [0.5, 0.6) is 0 Å². The predicted molar refractivity (Wildman–Crippen MR) is 85.4 cm³/mol. The van der Waals surface area contributed by atoms with Crippen LogP contribution in [0.4, 0.5) is 4.39 Å². The molecule has 0 saturated carbocycles. The molecular formula is C18H17FN2O2. The molecule has 4 nitrogen and oxygen atoms in total. The van der Waals surface area contributed by atoms with Crippen LogP contribution in [0.3, 0.4) is 0 Å². The van der Waals surface area contributed by atoms with Gasteiger partial charge < -0.3 is 5.11 Å². The molecule has 3 rings (SSSR count). The number of hydrogen-bond donors (Lipinski definition) is 1. The Hall–Kier alpha value is -2.53. The van der Waals surface area contributed by atoms with E-state index >= 15 is 0 Å². The van der Waals surface area contributed by atoms with E-state index in [0.29, 0.717) is 12.1 Å². The van der Waals surface area contributed by atoms with Crippen molar-refractivity contribution < 1.29 is 14.3 Å². The highest BCUT2D eigenvalue weighted by atomic mass is 19.1. The SMILES string of the molecule is CC[C@]1(O)CC(c2ccccc2)=NN1C(=O)c1ccccc1F. The summed E-state index contributed by atoms with van der Waals surface area (Å²) in [6, 6.07) is 15.1. The molecule has 0 unspecified atom stereocenters. The highest BCUT2D eigenvalue weighted by molar-refractivity contribution is 6.05. The lowest BCUT2D eigenvalue weighted by Gasteiger charge is -2.29.